The van der Waals surface area contributed by atoms with E-state index < -0.39 is 0 Å². The van der Waals surface area contributed by atoms with E-state index in [-0.39, 0.29) is 0 Å². The molecule has 3 heterocycles. The third-order valence-corrected chi connectivity index (χ3v) is 6.22. The van der Waals surface area contributed by atoms with Crippen molar-refractivity contribution in [2.45, 2.75) is 17.8 Å². The maximum absolute atomic E-state index is 6.35. The molecule has 5 aromatic rings. The molecule has 3 aromatic heterocycles. The molecule has 160 valence electrons. The average Bonchev–Trinajstić information content (AvgIpc) is 3.38. The predicted octanol–water partition coefficient (Wildman–Crippen LogP) is 4.58. The number of hydrogen-bond acceptors (Lipinski definition) is 6. The van der Waals surface area contributed by atoms with Crippen LogP contribution in [0.1, 0.15) is 11.3 Å². The first-order valence-corrected chi connectivity index (χ1v) is 11.1. The number of aryl methyl sites for hydroxylation is 1. The van der Waals surface area contributed by atoms with E-state index in [1.807, 2.05) is 48.5 Å². The Hall–Kier alpha value is -3.78. The summed E-state index contributed by atoms with van der Waals surface area (Å²) in [7, 11) is 1.64. The van der Waals surface area contributed by atoms with Gasteiger partial charge in [-0.2, -0.15) is 0 Å². The van der Waals surface area contributed by atoms with E-state index in [1.54, 1.807) is 7.11 Å². The van der Waals surface area contributed by atoms with Crippen molar-refractivity contribution < 1.29 is 4.74 Å². The van der Waals surface area contributed by atoms with E-state index in [2.05, 4.69) is 45.9 Å². The summed E-state index contributed by atoms with van der Waals surface area (Å²) in [6.45, 7) is 2.08. The summed E-state index contributed by atoms with van der Waals surface area (Å²) in [6, 6.07) is 21.9. The summed E-state index contributed by atoms with van der Waals surface area (Å²) in [4.78, 5) is 4.89. The van der Waals surface area contributed by atoms with Crippen LogP contribution in [0.3, 0.4) is 0 Å². The number of ether oxygens (including phenoxy) is 1. The number of aromatic nitrogens is 5. The monoisotopic (exact) mass is 442 g/mol. The second-order valence-corrected chi connectivity index (χ2v) is 8.34. The van der Waals surface area contributed by atoms with E-state index in [4.69, 9.17) is 15.6 Å². The highest BCUT2D eigenvalue weighted by Gasteiger charge is 2.17. The summed E-state index contributed by atoms with van der Waals surface area (Å²) < 4.78 is 8.90. The molecule has 0 unspecified atom stereocenters. The van der Waals surface area contributed by atoms with Gasteiger partial charge in [0.1, 0.15) is 11.4 Å². The summed E-state index contributed by atoms with van der Waals surface area (Å²) in [5.41, 5.74) is 6.10. The fourth-order valence-corrected chi connectivity index (χ4v) is 4.48. The normalized spacial score (nSPS) is 11.2. The van der Waals surface area contributed by atoms with Crippen molar-refractivity contribution in [3.05, 3.63) is 84.2 Å². The smallest absolute Gasteiger partial charge is 0.210 e. The zero-order valence-electron chi connectivity index (χ0n) is 17.8. The van der Waals surface area contributed by atoms with Gasteiger partial charge >= 0.3 is 0 Å². The average molecular weight is 443 g/mol. The van der Waals surface area contributed by atoms with Gasteiger partial charge in [0.2, 0.25) is 5.16 Å². The molecular formula is C24H22N6OS. The molecule has 0 saturated heterocycles. The molecule has 32 heavy (non-hydrogen) atoms. The molecule has 0 saturated carbocycles. The SMILES string of the molecule is COc1ccc(-c2nnc(SCc3c(-c4ccccc4)nc4ccc(C)cn34)n2N)cc1. The molecule has 0 spiro atoms. The number of methoxy groups -OCH3 is 1. The van der Waals surface area contributed by atoms with Gasteiger partial charge in [-0.15, -0.1) is 10.2 Å². The minimum absolute atomic E-state index is 0.604. The molecule has 0 aliphatic carbocycles. The molecule has 0 fully saturated rings. The third kappa shape index (κ3) is 3.69. The lowest BCUT2D eigenvalue weighted by atomic mass is 10.1. The number of rotatable bonds is 6. The van der Waals surface area contributed by atoms with Crippen molar-refractivity contribution in [1.29, 1.82) is 0 Å². The largest absolute Gasteiger partial charge is 0.497 e. The number of imidazole rings is 1. The number of pyridine rings is 1. The van der Waals surface area contributed by atoms with Crippen molar-refractivity contribution in [2.24, 2.45) is 0 Å². The Bertz CT molecular complexity index is 1380. The van der Waals surface area contributed by atoms with Crippen LogP contribution in [0.15, 0.2) is 78.1 Å². The molecule has 5 rings (SSSR count). The highest BCUT2D eigenvalue weighted by Crippen LogP contribution is 2.31. The van der Waals surface area contributed by atoms with Gasteiger partial charge in [0.05, 0.1) is 18.5 Å². The van der Waals surface area contributed by atoms with Gasteiger partial charge in [-0.1, -0.05) is 48.2 Å². The third-order valence-electron chi connectivity index (χ3n) is 5.26. The number of fused-ring (bicyclic) bond motifs is 1. The number of nitrogens with two attached hydrogens (primary N) is 1. The van der Waals surface area contributed by atoms with E-state index in [9.17, 15) is 0 Å². The van der Waals surface area contributed by atoms with Crippen LogP contribution < -0.4 is 10.6 Å². The number of nitrogens with zero attached hydrogens (tertiary/aromatic N) is 5. The van der Waals surface area contributed by atoms with E-state index in [0.29, 0.717) is 16.7 Å². The van der Waals surface area contributed by atoms with Gasteiger partial charge in [0.25, 0.3) is 0 Å². The summed E-state index contributed by atoms with van der Waals surface area (Å²) in [5, 5.41) is 9.26. The van der Waals surface area contributed by atoms with Gasteiger partial charge in [0.15, 0.2) is 5.82 Å². The molecule has 0 radical (unpaired) electrons. The van der Waals surface area contributed by atoms with Crippen molar-refractivity contribution in [3.8, 4) is 28.4 Å². The van der Waals surface area contributed by atoms with Crippen LogP contribution in [0.2, 0.25) is 0 Å². The number of benzene rings is 2. The van der Waals surface area contributed by atoms with E-state index in [1.165, 1.54) is 22.0 Å². The lowest BCUT2D eigenvalue weighted by Crippen LogP contribution is -2.11. The van der Waals surface area contributed by atoms with E-state index in [0.717, 1.165) is 33.9 Å². The molecule has 0 aliphatic heterocycles. The van der Waals surface area contributed by atoms with Crippen LogP contribution in [0.4, 0.5) is 0 Å². The minimum Gasteiger partial charge on any atom is -0.497 e. The topological polar surface area (TPSA) is 83.3 Å². The van der Waals surface area contributed by atoms with Crippen LogP contribution in [0.5, 0.6) is 5.75 Å². The Morgan fingerprint density at radius 1 is 0.938 bits per heavy atom. The first kappa shape index (κ1) is 20.1. The summed E-state index contributed by atoms with van der Waals surface area (Å²) >= 11 is 1.54. The zero-order chi connectivity index (χ0) is 22.1. The lowest BCUT2D eigenvalue weighted by molar-refractivity contribution is 0.415. The number of nitrogen functional groups attached to an aromatic ring is 1. The molecule has 8 heteroatoms. The Morgan fingerprint density at radius 3 is 2.47 bits per heavy atom. The standard InChI is InChI=1S/C24H22N6OS/c1-16-8-13-21-26-22(17-6-4-3-5-7-17)20(29(21)14-16)15-32-24-28-27-23(30(24)25)18-9-11-19(31-2)12-10-18/h3-14H,15,25H2,1-2H3. The highest BCUT2D eigenvalue weighted by atomic mass is 32.2. The van der Waals surface area contributed by atoms with Crippen molar-refractivity contribution in [2.75, 3.05) is 13.0 Å². The van der Waals surface area contributed by atoms with Crippen LogP contribution >= 0.6 is 11.8 Å². The molecule has 0 bridgehead atoms. The van der Waals surface area contributed by atoms with E-state index >= 15 is 0 Å². The van der Waals surface area contributed by atoms with Crippen LogP contribution in [-0.2, 0) is 5.75 Å². The van der Waals surface area contributed by atoms with Crippen LogP contribution in [0, 0.1) is 6.92 Å². The Balaban J connectivity index is 1.48. The predicted molar refractivity (Wildman–Crippen MR) is 127 cm³/mol. The molecule has 0 atom stereocenters. The van der Waals surface area contributed by atoms with Gasteiger partial charge in [-0.05, 0) is 42.8 Å². The minimum atomic E-state index is 0.604. The van der Waals surface area contributed by atoms with Crippen molar-refractivity contribution in [1.82, 2.24) is 24.3 Å². The van der Waals surface area contributed by atoms with Gasteiger partial charge < -0.3 is 15.0 Å². The molecule has 2 N–H and O–H groups in total. The highest BCUT2D eigenvalue weighted by molar-refractivity contribution is 7.98. The number of thioether (sulfide) groups is 1. The lowest BCUT2D eigenvalue weighted by Gasteiger charge is -2.07. The fourth-order valence-electron chi connectivity index (χ4n) is 3.61. The van der Waals surface area contributed by atoms with Crippen LogP contribution in [-0.4, -0.2) is 31.4 Å². The Kier molecular flexibility index (Phi) is 5.28. The van der Waals surface area contributed by atoms with Crippen molar-refractivity contribution >= 4 is 17.4 Å². The second kappa shape index (κ2) is 8.39. The number of hydrogen-bond donors (Lipinski definition) is 1. The second-order valence-electron chi connectivity index (χ2n) is 7.40. The summed E-state index contributed by atoms with van der Waals surface area (Å²) in [6.07, 6.45) is 2.11. The first-order chi connectivity index (χ1) is 15.6. The first-order valence-electron chi connectivity index (χ1n) is 10.1. The molecule has 7 nitrogen and oxygen atoms in total. The summed E-state index contributed by atoms with van der Waals surface area (Å²) in [5.74, 6) is 8.38. The maximum atomic E-state index is 6.35. The van der Waals surface area contributed by atoms with Gasteiger partial charge in [-0.25, -0.2) is 9.66 Å². The molecule has 2 aromatic carbocycles. The molecular weight excluding hydrogens is 420 g/mol. The maximum Gasteiger partial charge on any atom is 0.210 e. The fraction of sp³-hybridized carbons (Fsp3) is 0.125. The molecule has 0 amide bonds. The quantitative estimate of drug-likeness (QED) is 0.306. The zero-order valence-corrected chi connectivity index (χ0v) is 18.6. The van der Waals surface area contributed by atoms with Gasteiger partial charge in [-0.3, -0.25) is 0 Å². The van der Waals surface area contributed by atoms with Crippen LogP contribution in [0.25, 0.3) is 28.3 Å². The Labute approximate surface area is 189 Å². The Morgan fingerprint density at radius 2 is 1.72 bits per heavy atom. The van der Waals surface area contributed by atoms with Crippen molar-refractivity contribution in [3.63, 3.8) is 0 Å². The van der Waals surface area contributed by atoms with Gasteiger partial charge in [0, 0.05) is 23.1 Å². The molecule has 0 aliphatic rings.